The molecule has 0 spiro atoms. The number of hydrogen-bond acceptors (Lipinski definition) is 4. The number of benzene rings is 1. The Morgan fingerprint density at radius 2 is 2.14 bits per heavy atom. The second-order valence-corrected chi connectivity index (χ2v) is 4.70. The molecule has 0 aliphatic carbocycles. The summed E-state index contributed by atoms with van der Waals surface area (Å²) in [6.45, 7) is 0.0861. The van der Waals surface area contributed by atoms with Gasteiger partial charge in [0.15, 0.2) is 6.54 Å². The van der Waals surface area contributed by atoms with Gasteiger partial charge >= 0.3 is 6.09 Å². The molecule has 8 nitrogen and oxygen atoms in total. The average Bonchev–Trinajstić information content (AvgIpc) is 2.96. The highest BCUT2D eigenvalue weighted by Gasteiger charge is 2.14. The number of aromatic amines is 1. The number of ether oxygens (including phenoxy) is 1. The summed E-state index contributed by atoms with van der Waals surface area (Å²) in [5.74, 6) is -0.570. The zero-order valence-corrected chi connectivity index (χ0v) is 12.3. The number of nitrogens with zero attached hydrogens (tertiary/aromatic N) is 1. The highest BCUT2D eigenvalue weighted by molar-refractivity contribution is 6.34. The zero-order valence-electron chi connectivity index (χ0n) is 11.6. The fourth-order valence-electron chi connectivity index (χ4n) is 1.69. The van der Waals surface area contributed by atoms with Crippen molar-refractivity contribution in [3.63, 3.8) is 0 Å². The average molecular weight is 326 g/mol. The van der Waals surface area contributed by atoms with Gasteiger partial charge in [-0.25, -0.2) is 9.36 Å². The van der Waals surface area contributed by atoms with Crippen molar-refractivity contribution in [1.29, 1.82) is 0 Å². The number of carbonyl (C=O) groups excluding carboxylic acids is 2. The van der Waals surface area contributed by atoms with Crippen LogP contribution in [0.5, 0.6) is 5.75 Å². The molecule has 0 aliphatic rings. The minimum atomic E-state index is -0.744. The molecule has 22 heavy (non-hydrogen) atoms. The lowest BCUT2D eigenvalue weighted by Gasteiger charge is -2.11. The number of aromatic hydroxyl groups is 1. The molecule has 0 radical (unpaired) electrons. The first-order valence-electron chi connectivity index (χ1n) is 6.18. The number of anilines is 2. The fraction of sp³-hybridized carbons (Fsp3) is 0.154. The van der Waals surface area contributed by atoms with Crippen LogP contribution in [0.15, 0.2) is 30.9 Å². The van der Waals surface area contributed by atoms with Gasteiger partial charge in [-0.2, -0.15) is 0 Å². The van der Waals surface area contributed by atoms with E-state index in [0.29, 0.717) is 0 Å². The topological polar surface area (TPSA) is 107 Å². The number of methoxy groups -OCH3 is 1. The van der Waals surface area contributed by atoms with Crippen molar-refractivity contribution in [2.75, 3.05) is 17.7 Å². The van der Waals surface area contributed by atoms with Gasteiger partial charge in [0.05, 0.1) is 23.5 Å². The van der Waals surface area contributed by atoms with E-state index in [4.69, 9.17) is 11.6 Å². The maximum Gasteiger partial charge on any atom is 0.411 e. The minimum absolute atomic E-state index is 0.0786. The summed E-state index contributed by atoms with van der Waals surface area (Å²) in [7, 11) is 1.20. The molecule has 1 aromatic heterocycles. The van der Waals surface area contributed by atoms with Crippen molar-refractivity contribution < 1.29 is 24.0 Å². The second kappa shape index (κ2) is 6.81. The van der Waals surface area contributed by atoms with Crippen LogP contribution < -0.4 is 15.2 Å². The Morgan fingerprint density at radius 1 is 1.36 bits per heavy atom. The number of amides is 2. The summed E-state index contributed by atoms with van der Waals surface area (Å²) in [5.41, 5.74) is 0.311. The first-order chi connectivity index (χ1) is 10.5. The molecule has 1 aromatic carbocycles. The SMILES string of the molecule is COC(=O)Nc1cc(Cl)c(NC(=O)C[n+]2cc[nH]c2)cc1O. The van der Waals surface area contributed by atoms with E-state index in [-0.39, 0.29) is 34.6 Å². The normalized spacial score (nSPS) is 10.1. The Bertz CT molecular complexity index is 688. The lowest BCUT2D eigenvalue weighted by molar-refractivity contribution is -0.682. The summed E-state index contributed by atoms with van der Waals surface area (Å²) in [6.07, 6.45) is 4.26. The first kappa shape index (κ1) is 15.6. The highest BCUT2D eigenvalue weighted by atomic mass is 35.5. The molecule has 2 aromatic rings. The third kappa shape index (κ3) is 3.89. The van der Waals surface area contributed by atoms with Crippen molar-refractivity contribution >= 4 is 35.0 Å². The predicted octanol–water partition coefficient (Wildman–Crippen LogP) is 1.48. The van der Waals surface area contributed by atoms with Crippen LogP contribution in [-0.2, 0) is 16.1 Å². The van der Waals surface area contributed by atoms with Crippen LogP contribution in [-0.4, -0.2) is 29.2 Å². The van der Waals surface area contributed by atoms with Crippen molar-refractivity contribution in [3.8, 4) is 5.75 Å². The van der Waals surface area contributed by atoms with Crippen LogP contribution in [0.3, 0.4) is 0 Å². The van der Waals surface area contributed by atoms with Crippen LogP contribution in [0.4, 0.5) is 16.2 Å². The molecular formula is C13H14ClN4O4+. The number of nitrogens with one attached hydrogen (secondary N) is 3. The highest BCUT2D eigenvalue weighted by Crippen LogP contribution is 2.33. The van der Waals surface area contributed by atoms with E-state index in [1.54, 1.807) is 23.3 Å². The van der Waals surface area contributed by atoms with Gasteiger partial charge in [0.1, 0.15) is 18.1 Å². The summed E-state index contributed by atoms with van der Waals surface area (Å²) in [5, 5.41) is 14.9. The van der Waals surface area contributed by atoms with Gasteiger partial charge in [-0.15, -0.1) is 0 Å². The fourth-order valence-corrected chi connectivity index (χ4v) is 1.90. The third-order valence-electron chi connectivity index (χ3n) is 2.71. The van der Waals surface area contributed by atoms with E-state index < -0.39 is 6.09 Å². The quantitative estimate of drug-likeness (QED) is 0.504. The summed E-state index contributed by atoms with van der Waals surface area (Å²) in [6, 6.07) is 2.56. The molecule has 9 heteroatoms. The lowest BCUT2D eigenvalue weighted by Crippen LogP contribution is -2.38. The molecule has 2 amide bonds. The molecular weight excluding hydrogens is 312 g/mol. The van der Waals surface area contributed by atoms with E-state index in [9.17, 15) is 14.7 Å². The van der Waals surface area contributed by atoms with Crippen LogP contribution in [0.1, 0.15) is 0 Å². The second-order valence-electron chi connectivity index (χ2n) is 4.30. The molecule has 0 bridgehead atoms. The van der Waals surface area contributed by atoms with Crippen molar-refractivity contribution in [2.24, 2.45) is 0 Å². The number of H-pyrrole nitrogens is 1. The summed E-state index contributed by atoms with van der Waals surface area (Å²) >= 11 is 6.02. The predicted molar refractivity (Wildman–Crippen MR) is 78.8 cm³/mol. The largest absolute Gasteiger partial charge is 0.506 e. The van der Waals surface area contributed by atoms with Gasteiger partial charge in [-0.3, -0.25) is 15.1 Å². The molecule has 0 unspecified atom stereocenters. The number of phenols is 1. The van der Waals surface area contributed by atoms with Gasteiger partial charge in [0, 0.05) is 6.07 Å². The molecule has 0 atom stereocenters. The number of phenolic OH excluding ortho intramolecular Hbond substituents is 1. The van der Waals surface area contributed by atoms with Gasteiger partial charge < -0.3 is 15.2 Å². The molecule has 0 fully saturated rings. The standard InChI is InChI=1S/C13H13ClN4O4/c1-22-13(21)17-10-4-8(14)9(5-11(10)19)16-12(20)6-18-3-2-15-7-18/h2-5,7H,6H2,1H3,(H3,16,17,19,20,21)/p+1. The maximum absolute atomic E-state index is 11.9. The molecule has 0 saturated heterocycles. The van der Waals surface area contributed by atoms with Crippen LogP contribution in [0.2, 0.25) is 5.02 Å². The van der Waals surface area contributed by atoms with E-state index in [2.05, 4.69) is 20.4 Å². The Labute approximate surface area is 130 Å². The molecule has 116 valence electrons. The molecule has 1 heterocycles. The Morgan fingerprint density at radius 3 is 2.77 bits per heavy atom. The molecule has 0 saturated carbocycles. The van der Waals surface area contributed by atoms with Crippen molar-refractivity contribution in [2.45, 2.75) is 6.54 Å². The minimum Gasteiger partial charge on any atom is -0.506 e. The van der Waals surface area contributed by atoms with E-state index in [1.807, 2.05) is 0 Å². The number of rotatable bonds is 4. The maximum atomic E-state index is 11.9. The number of aromatic nitrogens is 2. The number of hydrogen-bond donors (Lipinski definition) is 4. The van der Waals surface area contributed by atoms with Crippen LogP contribution in [0.25, 0.3) is 0 Å². The van der Waals surface area contributed by atoms with Crippen molar-refractivity contribution in [3.05, 3.63) is 35.9 Å². The Balaban J connectivity index is 2.10. The third-order valence-corrected chi connectivity index (χ3v) is 3.02. The van der Waals surface area contributed by atoms with Gasteiger partial charge in [-0.1, -0.05) is 11.6 Å². The van der Waals surface area contributed by atoms with Gasteiger partial charge in [0.25, 0.3) is 5.91 Å². The lowest BCUT2D eigenvalue weighted by atomic mass is 10.2. The molecule has 0 aliphatic heterocycles. The number of imidazole rings is 1. The monoisotopic (exact) mass is 325 g/mol. The number of carbonyl (C=O) groups is 2. The van der Waals surface area contributed by atoms with Gasteiger partial charge in [0.2, 0.25) is 6.33 Å². The smallest absolute Gasteiger partial charge is 0.411 e. The van der Waals surface area contributed by atoms with Crippen LogP contribution >= 0.6 is 11.6 Å². The summed E-state index contributed by atoms with van der Waals surface area (Å²) in [4.78, 5) is 25.8. The molecule has 4 N–H and O–H groups in total. The number of halogens is 1. The Hall–Kier alpha value is -2.74. The summed E-state index contributed by atoms with van der Waals surface area (Å²) < 4.78 is 6.06. The zero-order chi connectivity index (χ0) is 16.1. The Kier molecular flexibility index (Phi) is 4.84. The molecule has 2 rings (SSSR count). The van der Waals surface area contributed by atoms with Crippen molar-refractivity contribution in [1.82, 2.24) is 4.98 Å². The first-order valence-corrected chi connectivity index (χ1v) is 6.56. The van der Waals surface area contributed by atoms with E-state index >= 15 is 0 Å². The van der Waals surface area contributed by atoms with E-state index in [0.717, 1.165) is 0 Å². The van der Waals surface area contributed by atoms with Crippen LogP contribution in [0, 0.1) is 0 Å². The van der Waals surface area contributed by atoms with Gasteiger partial charge in [-0.05, 0) is 6.07 Å². The van der Waals surface area contributed by atoms with E-state index in [1.165, 1.54) is 19.2 Å².